The Balaban J connectivity index is 1.55. The fraction of sp³-hybridized carbons (Fsp3) is 0.375. The van der Waals surface area contributed by atoms with Crippen molar-refractivity contribution in [3.05, 3.63) is 41.3 Å². The number of aromatic nitrogens is 5. The van der Waals surface area contributed by atoms with E-state index in [4.69, 9.17) is 14.0 Å². The second-order valence-electron chi connectivity index (χ2n) is 5.52. The van der Waals surface area contributed by atoms with Crippen molar-refractivity contribution in [2.24, 2.45) is 0 Å². The van der Waals surface area contributed by atoms with Gasteiger partial charge >= 0.3 is 0 Å². The molecule has 4 rings (SSSR count). The Kier molecular flexibility index (Phi) is 3.73. The monoisotopic (exact) mass is 327 g/mol. The molecule has 8 nitrogen and oxygen atoms in total. The van der Waals surface area contributed by atoms with Crippen LogP contribution in [0.3, 0.4) is 0 Å². The maximum atomic E-state index is 5.99. The van der Waals surface area contributed by atoms with Gasteiger partial charge in [-0.3, -0.25) is 0 Å². The van der Waals surface area contributed by atoms with Gasteiger partial charge in [0.15, 0.2) is 11.5 Å². The normalized spacial score (nSPS) is 16.8. The van der Waals surface area contributed by atoms with Gasteiger partial charge in [-0.15, -0.1) is 5.10 Å². The zero-order valence-electron chi connectivity index (χ0n) is 13.5. The van der Waals surface area contributed by atoms with Crippen LogP contribution >= 0.6 is 0 Å². The molecule has 0 N–H and O–H groups in total. The highest BCUT2D eigenvalue weighted by molar-refractivity contribution is 5.49. The molecule has 1 aliphatic heterocycles. The maximum absolute atomic E-state index is 5.99. The molecule has 0 saturated heterocycles. The highest BCUT2D eigenvalue weighted by Gasteiger charge is 2.27. The number of ether oxygens (including phenoxy) is 2. The second kappa shape index (κ2) is 6.04. The molecule has 0 radical (unpaired) electrons. The lowest BCUT2D eigenvalue weighted by atomic mass is 10.1. The van der Waals surface area contributed by atoms with E-state index < -0.39 is 0 Å². The highest BCUT2D eigenvalue weighted by atomic mass is 16.5. The minimum absolute atomic E-state index is 0.0767. The van der Waals surface area contributed by atoms with Crippen LogP contribution in [0.4, 0.5) is 0 Å². The SMILES string of the molecule is CCOc1ccc(C2Cn3nnc(-c4nc(C)no4)c3CO2)cc1. The predicted octanol–water partition coefficient (Wildman–Crippen LogP) is 2.31. The summed E-state index contributed by atoms with van der Waals surface area (Å²) in [5.41, 5.74) is 2.51. The fourth-order valence-corrected chi connectivity index (χ4v) is 2.72. The molecule has 24 heavy (non-hydrogen) atoms. The summed E-state index contributed by atoms with van der Waals surface area (Å²) in [7, 11) is 0. The van der Waals surface area contributed by atoms with E-state index in [1.807, 2.05) is 35.9 Å². The molecule has 0 saturated carbocycles. The molecule has 1 atom stereocenters. The van der Waals surface area contributed by atoms with Gasteiger partial charge in [-0.1, -0.05) is 22.5 Å². The van der Waals surface area contributed by atoms with E-state index >= 15 is 0 Å². The number of hydrogen-bond donors (Lipinski definition) is 0. The standard InChI is InChI=1S/C16H17N5O3/c1-3-22-12-6-4-11(5-7-12)14-8-21-13(9-23-14)15(18-20-21)16-17-10(2)19-24-16/h4-7,14H,3,8-9H2,1-2H3. The first-order valence-electron chi connectivity index (χ1n) is 7.82. The van der Waals surface area contributed by atoms with E-state index in [0.29, 0.717) is 37.2 Å². The Morgan fingerprint density at radius 1 is 1.29 bits per heavy atom. The van der Waals surface area contributed by atoms with E-state index in [-0.39, 0.29) is 6.10 Å². The predicted molar refractivity (Wildman–Crippen MR) is 83.2 cm³/mol. The third-order valence-corrected chi connectivity index (χ3v) is 3.89. The topological polar surface area (TPSA) is 88.1 Å². The third kappa shape index (κ3) is 2.65. The third-order valence-electron chi connectivity index (χ3n) is 3.89. The largest absolute Gasteiger partial charge is 0.494 e. The van der Waals surface area contributed by atoms with Gasteiger partial charge in [0.2, 0.25) is 0 Å². The van der Waals surface area contributed by atoms with Crippen molar-refractivity contribution in [1.82, 2.24) is 25.1 Å². The van der Waals surface area contributed by atoms with Gasteiger partial charge < -0.3 is 14.0 Å². The molecule has 3 aromatic rings. The summed E-state index contributed by atoms with van der Waals surface area (Å²) < 4.78 is 18.5. The number of benzene rings is 1. The van der Waals surface area contributed by atoms with Crippen LogP contribution in [0.15, 0.2) is 28.8 Å². The first-order valence-corrected chi connectivity index (χ1v) is 7.82. The summed E-state index contributed by atoms with van der Waals surface area (Å²) in [6.07, 6.45) is -0.0767. The van der Waals surface area contributed by atoms with Gasteiger partial charge in [-0.05, 0) is 31.5 Å². The number of aryl methyl sites for hydroxylation is 1. The zero-order valence-corrected chi connectivity index (χ0v) is 13.5. The lowest BCUT2D eigenvalue weighted by Gasteiger charge is -2.24. The molecule has 1 aromatic carbocycles. The van der Waals surface area contributed by atoms with Crippen LogP contribution in [0, 0.1) is 6.92 Å². The van der Waals surface area contributed by atoms with E-state index in [1.54, 1.807) is 6.92 Å². The quantitative estimate of drug-likeness (QED) is 0.726. The molecule has 0 bridgehead atoms. The average Bonchev–Trinajstić information content (AvgIpc) is 3.21. The van der Waals surface area contributed by atoms with Crippen molar-refractivity contribution in [2.75, 3.05) is 6.61 Å². The summed E-state index contributed by atoms with van der Waals surface area (Å²) in [6, 6.07) is 7.93. The molecular weight excluding hydrogens is 310 g/mol. The van der Waals surface area contributed by atoms with Crippen LogP contribution in [0.5, 0.6) is 5.75 Å². The fourth-order valence-electron chi connectivity index (χ4n) is 2.72. The maximum Gasteiger partial charge on any atom is 0.280 e. The van der Waals surface area contributed by atoms with Crippen molar-refractivity contribution in [3.8, 4) is 17.3 Å². The van der Waals surface area contributed by atoms with Gasteiger partial charge in [0.25, 0.3) is 5.89 Å². The van der Waals surface area contributed by atoms with Crippen LogP contribution in [-0.2, 0) is 17.9 Å². The Morgan fingerprint density at radius 3 is 2.83 bits per heavy atom. The van der Waals surface area contributed by atoms with Crippen molar-refractivity contribution in [1.29, 1.82) is 0 Å². The van der Waals surface area contributed by atoms with Crippen molar-refractivity contribution in [3.63, 3.8) is 0 Å². The summed E-state index contributed by atoms with van der Waals surface area (Å²) in [6.45, 7) is 5.36. The van der Waals surface area contributed by atoms with Crippen LogP contribution in [0.25, 0.3) is 11.6 Å². The van der Waals surface area contributed by atoms with Crippen LogP contribution in [0.2, 0.25) is 0 Å². The minimum atomic E-state index is -0.0767. The number of fused-ring (bicyclic) bond motifs is 1. The zero-order chi connectivity index (χ0) is 16.5. The van der Waals surface area contributed by atoms with Crippen molar-refractivity contribution < 1.29 is 14.0 Å². The smallest absolute Gasteiger partial charge is 0.280 e. The first-order chi connectivity index (χ1) is 11.7. The summed E-state index contributed by atoms with van der Waals surface area (Å²) >= 11 is 0. The molecule has 0 spiro atoms. The second-order valence-corrected chi connectivity index (χ2v) is 5.52. The minimum Gasteiger partial charge on any atom is -0.494 e. The van der Waals surface area contributed by atoms with Gasteiger partial charge in [0, 0.05) is 0 Å². The molecule has 0 aliphatic carbocycles. The molecule has 3 heterocycles. The Labute approximate surface area is 138 Å². The van der Waals surface area contributed by atoms with Crippen molar-refractivity contribution in [2.45, 2.75) is 33.1 Å². The molecule has 0 amide bonds. The van der Waals surface area contributed by atoms with Crippen molar-refractivity contribution >= 4 is 0 Å². The molecular formula is C16H17N5O3. The Hall–Kier alpha value is -2.74. The van der Waals surface area contributed by atoms with Crippen LogP contribution in [0.1, 0.15) is 30.1 Å². The Morgan fingerprint density at radius 2 is 2.12 bits per heavy atom. The van der Waals surface area contributed by atoms with Crippen LogP contribution < -0.4 is 4.74 Å². The number of nitrogens with zero attached hydrogens (tertiary/aromatic N) is 5. The lowest BCUT2D eigenvalue weighted by molar-refractivity contribution is -0.00119. The Bertz CT molecular complexity index is 840. The molecule has 2 aromatic heterocycles. The number of hydrogen-bond acceptors (Lipinski definition) is 7. The molecule has 0 fully saturated rings. The van der Waals surface area contributed by atoms with Crippen LogP contribution in [-0.4, -0.2) is 31.7 Å². The molecule has 1 aliphatic rings. The molecule has 124 valence electrons. The van der Waals surface area contributed by atoms with E-state index in [1.165, 1.54) is 0 Å². The van der Waals surface area contributed by atoms with Gasteiger partial charge in [0.05, 0.1) is 25.5 Å². The highest BCUT2D eigenvalue weighted by Crippen LogP contribution is 2.30. The van der Waals surface area contributed by atoms with Gasteiger partial charge in [-0.25, -0.2) is 4.68 Å². The van der Waals surface area contributed by atoms with E-state index in [2.05, 4.69) is 20.5 Å². The average molecular weight is 327 g/mol. The first kappa shape index (κ1) is 14.8. The summed E-state index contributed by atoms with van der Waals surface area (Å²) in [5.74, 6) is 1.79. The summed E-state index contributed by atoms with van der Waals surface area (Å²) in [4.78, 5) is 4.20. The number of rotatable bonds is 4. The van der Waals surface area contributed by atoms with Gasteiger partial charge in [0.1, 0.15) is 11.9 Å². The van der Waals surface area contributed by atoms with E-state index in [9.17, 15) is 0 Å². The van der Waals surface area contributed by atoms with E-state index in [0.717, 1.165) is 17.0 Å². The molecule has 1 unspecified atom stereocenters. The lowest BCUT2D eigenvalue weighted by Crippen LogP contribution is -2.22. The molecule has 8 heteroatoms. The summed E-state index contributed by atoms with van der Waals surface area (Å²) in [5, 5.41) is 12.2. The van der Waals surface area contributed by atoms with Gasteiger partial charge in [-0.2, -0.15) is 4.98 Å².